The summed E-state index contributed by atoms with van der Waals surface area (Å²) in [5.74, 6) is 2.03. The lowest BCUT2D eigenvalue weighted by Crippen LogP contribution is -2.40. The van der Waals surface area contributed by atoms with Gasteiger partial charge in [-0.1, -0.05) is 33.1 Å². The number of nitrogens with zero attached hydrogens (tertiary/aromatic N) is 1. The topological polar surface area (TPSA) is 46.6 Å². The number of benzene rings is 1. The molecule has 5 heteroatoms. The Labute approximate surface area is 140 Å². The Morgan fingerprint density at radius 2 is 1.78 bits per heavy atom. The van der Waals surface area contributed by atoms with Gasteiger partial charge in [0.05, 0.1) is 18.1 Å². The van der Waals surface area contributed by atoms with Gasteiger partial charge in [-0.05, 0) is 36.6 Å². The van der Waals surface area contributed by atoms with Crippen molar-refractivity contribution in [3.8, 4) is 5.75 Å². The van der Waals surface area contributed by atoms with Gasteiger partial charge in [0.15, 0.2) is 9.84 Å². The Bertz CT molecular complexity index is 554. The van der Waals surface area contributed by atoms with Crippen molar-refractivity contribution in [3.05, 3.63) is 24.3 Å². The summed E-state index contributed by atoms with van der Waals surface area (Å²) >= 11 is 0. The summed E-state index contributed by atoms with van der Waals surface area (Å²) in [4.78, 5) is 2.13. The van der Waals surface area contributed by atoms with Gasteiger partial charge in [0.25, 0.3) is 0 Å². The van der Waals surface area contributed by atoms with E-state index in [4.69, 9.17) is 4.74 Å². The Balaban J connectivity index is 1.85. The number of anilines is 1. The molecule has 1 fully saturated rings. The molecule has 1 unspecified atom stereocenters. The molecule has 1 saturated heterocycles. The van der Waals surface area contributed by atoms with Gasteiger partial charge < -0.3 is 9.64 Å². The summed E-state index contributed by atoms with van der Waals surface area (Å²) in [7, 11) is -2.83. The minimum absolute atomic E-state index is 0.251. The van der Waals surface area contributed by atoms with E-state index in [9.17, 15) is 8.42 Å². The highest BCUT2D eigenvalue weighted by atomic mass is 32.2. The lowest BCUT2D eigenvalue weighted by atomic mass is 10.0. The van der Waals surface area contributed by atoms with Gasteiger partial charge in [0.1, 0.15) is 5.75 Å². The number of hydrogen-bond acceptors (Lipinski definition) is 4. The maximum absolute atomic E-state index is 11.5. The highest BCUT2D eigenvalue weighted by molar-refractivity contribution is 7.91. The minimum Gasteiger partial charge on any atom is -0.493 e. The van der Waals surface area contributed by atoms with Crippen molar-refractivity contribution in [2.45, 2.75) is 39.5 Å². The first-order valence-corrected chi connectivity index (χ1v) is 10.5. The molecule has 0 bridgehead atoms. The molecule has 4 nitrogen and oxygen atoms in total. The van der Waals surface area contributed by atoms with E-state index in [-0.39, 0.29) is 11.5 Å². The molecule has 1 aromatic carbocycles. The summed E-state index contributed by atoms with van der Waals surface area (Å²) in [6.45, 7) is 6.38. The van der Waals surface area contributed by atoms with E-state index >= 15 is 0 Å². The summed E-state index contributed by atoms with van der Waals surface area (Å²) in [6, 6.07) is 8.04. The van der Waals surface area contributed by atoms with Crippen LogP contribution in [0.3, 0.4) is 0 Å². The molecule has 0 saturated carbocycles. The molecule has 0 radical (unpaired) electrons. The van der Waals surface area contributed by atoms with E-state index in [2.05, 4.69) is 18.7 Å². The maximum atomic E-state index is 11.5. The molecule has 130 valence electrons. The summed E-state index contributed by atoms with van der Waals surface area (Å²) in [5, 5.41) is 0. The van der Waals surface area contributed by atoms with E-state index in [1.807, 2.05) is 24.3 Å². The molecule has 0 aromatic heterocycles. The maximum Gasteiger partial charge on any atom is 0.153 e. The highest BCUT2D eigenvalue weighted by Crippen LogP contribution is 2.22. The number of unbranched alkanes of at least 4 members (excludes halogenated alkanes) is 1. The zero-order chi connectivity index (χ0) is 16.7. The van der Waals surface area contributed by atoms with Crippen LogP contribution in [0.4, 0.5) is 5.69 Å². The summed E-state index contributed by atoms with van der Waals surface area (Å²) in [5.41, 5.74) is 1.07. The molecule has 0 spiro atoms. The van der Waals surface area contributed by atoms with Crippen molar-refractivity contribution < 1.29 is 13.2 Å². The SMILES string of the molecule is CCCCC(CC)COc1ccc(N2CCS(=O)(=O)CC2)cc1. The van der Waals surface area contributed by atoms with Crippen LogP contribution < -0.4 is 9.64 Å². The monoisotopic (exact) mass is 339 g/mol. The molecule has 1 aromatic rings. The van der Waals surface area contributed by atoms with E-state index in [1.54, 1.807) is 0 Å². The van der Waals surface area contributed by atoms with Gasteiger partial charge in [0.2, 0.25) is 0 Å². The van der Waals surface area contributed by atoms with Crippen LogP contribution in [0.25, 0.3) is 0 Å². The first kappa shape index (κ1) is 18.1. The van der Waals surface area contributed by atoms with Gasteiger partial charge in [-0.2, -0.15) is 0 Å². The van der Waals surface area contributed by atoms with Crippen LogP contribution in [0.2, 0.25) is 0 Å². The predicted molar refractivity (Wildman–Crippen MR) is 96.1 cm³/mol. The second-order valence-electron chi connectivity index (χ2n) is 6.36. The highest BCUT2D eigenvalue weighted by Gasteiger charge is 2.21. The molecule has 2 rings (SSSR count). The van der Waals surface area contributed by atoms with E-state index < -0.39 is 9.84 Å². The van der Waals surface area contributed by atoms with Crippen LogP contribution in [0.5, 0.6) is 5.75 Å². The van der Waals surface area contributed by atoms with Crippen LogP contribution in [0, 0.1) is 5.92 Å². The molecule has 1 atom stereocenters. The first-order valence-electron chi connectivity index (χ1n) is 8.72. The summed E-state index contributed by atoms with van der Waals surface area (Å²) in [6.07, 6.45) is 4.88. The van der Waals surface area contributed by atoms with Gasteiger partial charge in [-0.3, -0.25) is 0 Å². The van der Waals surface area contributed by atoms with Gasteiger partial charge >= 0.3 is 0 Å². The third-order valence-electron chi connectivity index (χ3n) is 4.58. The largest absolute Gasteiger partial charge is 0.493 e. The molecule has 23 heavy (non-hydrogen) atoms. The zero-order valence-electron chi connectivity index (χ0n) is 14.3. The molecule has 1 heterocycles. The van der Waals surface area contributed by atoms with E-state index in [0.717, 1.165) is 24.5 Å². The predicted octanol–water partition coefficient (Wildman–Crippen LogP) is 3.52. The number of rotatable bonds is 8. The van der Waals surface area contributed by atoms with Crippen LogP contribution in [-0.4, -0.2) is 39.6 Å². The van der Waals surface area contributed by atoms with Gasteiger partial charge in [-0.15, -0.1) is 0 Å². The Kier molecular flexibility index (Phi) is 6.75. The first-order chi connectivity index (χ1) is 11.0. The molecular formula is C18H29NO3S. The third-order valence-corrected chi connectivity index (χ3v) is 6.18. The van der Waals surface area contributed by atoms with Crippen LogP contribution in [-0.2, 0) is 9.84 Å². The fourth-order valence-corrected chi connectivity index (χ4v) is 4.04. The number of ether oxygens (including phenoxy) is 1. The molecule has 1 aliphatic rings. The lowest BCUT2D eigenvalue weighted by molar-refractivity contribution is 0.233. The Morgan fingerprint density at radius 3 is 2.35 bits per heavy atom. The van der Waals surface area contributed by atoms with Gasteiger partial charge in [0, 0.05) is 18.8 Å². The average molecular weight is 340 g/mol. The zero-order valence-corrected chi connectivity index (χ0v) is 15.1. The van der Waals surface area contributed by atoms with Crippen molar-refractivity contribution in [2.75, 3.05) is 36.1 Å². The third kappa shape index (κ3) is 5.72. The molecular weight excluding hydrogens is 310 g/mol. The van der Waals surface area contributed by atoms with Crippen molar-refractivity contribution in [1.29, 1.82) is 0 Å². The fraction of sp³-hybridized carbons (Fsp3) is 0.667. The van der Waals surface area contributed by atoms with E-state index in [1.165, 1.54) is 19.3 Å². The molecule has 1 aliphatic heterocycles. The summed E-state index contributed by atoms with van der Waals surface area (Å²) < 4.78 is 28.9. The minimum atomic E-state index is -2.83. The van der Waals surface area contributed by atoms with Crippen molar-refractivity contribution >= 4 is 15.5 Å². The number of sulfone groups is 1. The normalized spacial score (nSPS) is 18.6. The van der Waals surface area contributed by atoms with Crippen LogP contribution >= 0.6 is 0 Å². The quantitative estimate of drug-likeness (QED) is 0.727. The van der Waals surface area contributed by atoms with Crippen LogP contribution in [0.15, 0.2) is 24.3 Å². The Hall–Kier alpha value is -1.23. The number of hydrogen-bond donors (Lipinski definition) is 0. The van der Waals surface area contributed by atoms with Crippen molar-refractivity contribution in [1.82, 2.24) is 0 Å². The van der Waals surface area contributed by atoms with Gasteiger partial charge in [-0.25, -0.2) is 8.42 Å². The lowest BCUT2D eigenvalue weighted by Gasteiger charge is -2.28. The Morgan fingerprint density at radius 1 is 1.13 bits per heavy atom. The van der Waals surface area contributed by atoms with E-state index in [0.29, 0.717) is 19.0 Å². The molecule has 0 amide bonds. The smallest absolute Gasteiger partial charge is 0.153 e. The molecule has 0 N–H and O–H groups in total. The van der Waals surface area contributed by atoms with Crippen molar-refractivity contribution in [2.24, 2.45) is 5.92 Å². The molecule has 0 aliphatic carbocycles. The van der Waals surface area contributed by atoms with Crippen molar-refractivity contribution in [3.63, 3.8) is 0 Å². The standard InChI is InChI=1S/C18H29NO3S/c1-3-5-6-16(4-2)15-22-18-9-7-17(8-10-18)19-11-13-23(20,21)14-12-19/h7-10,16H,3-6,11-15H2,1-2H3. The fourth-order valence-electron chi connectivity index (χ4n) is 2.84. The van der Waals surface area contributed by atoms with Crippen LogP contribution in [0.1, 0.15) is 39.5 Å². The second kappa shape index (κ2) is 8.57. The average Bonchev–Trinajstić information content (AvgIpc) is 2.56. The second-order valence-corrected chi connectivity index (χ2v) is 8.66.